The molecule has 0 aliphatic rings. The molecule has 2 nitrogen and oxygen atoms in total. The van der Waals surface area contributed by atoms with E-state index in [2.05, 4.69) is 28.6 Å². The second kappa shape index (κ2) is 3.61. The van der Waals surface area contributed by atoms with Crippen LogP contribution in [0.25, 0.3) is 21.3 Å². The van der Waals surface area contributed by atoms with Gasteiger partial charge in [0.1, 0.15) is 0 Å². The molecule has 0 atom stereocenters. The molecule has 0 saturated heterocycles. The molecule has 0 fully saturated rings. The van der Waals surface area contributed by atoms with Gasteiger partial charge in [-0.3, -0.25) is 4.98 Å². The number of nitrogens with two attached hydrogens (primary N) is 1. The number of hydrogen-bond acceptors (Lipinski definition) is 3. The Hall–Kier alpha value is -1.87. The van der Waals surface area contributed by atoms with E-state index in [1.807, 2.05) is 18.2 Å². The number of thiophene rings is 1. The van der Waals surface area contributed by atoms with Crippen LogP contribution < -0.4 is 5.73 Å². The predicted octanol–water partition coefficient (Wildman–Crippen LogP) is 3.55. The highest BCUT2D eigenvalue weighted by Crippen LogP contribution is 2.33. The van der Waals surface area contributed by atoms with Crippen LogP contribution in [0.2, 0.25) is 0 Å². The topological polar surface area (TPSA) is 38.9 Å². The molecule has 0 unspecified atom stereocenters. The molecule has 2 heterocycles. The van der Waals surface area contributed by atoms with Crippen molar-refractivity contribution < 1.29 is 0 Å². The molecule has 3 aromatic rings. The number of hydrogen-bond donors (Lipinski definition) is 1. The smallest absolute Gasteiger partial charge is 0.0945 e. The standard InChI is InChI=1S/C13H10N2S/c14-11-5-2-7-15-12(11)10-4-1-3-9-6-8-16-13(9)10/h1-8H,14H2. The Bertz CT molecular complexity index is 643. The maximum atomic E-state index is 5.95. The fourth-order valence-corrected chi connectivity index (χ4v) is 2.74. The first kappa shape index (κ1) is 9.36. The maximum Gasteiger partial charge on any atom is 0.0945 e. The molecule has 3 heteroatoms. The van der Waals surface area contributed by atoms with Crippen LogP contribution in [0.5, 0.6) is 0 Å². The molecule has 78 valence electrons. The molecule has 0 spiro atoms. The molecule has 0 radical (unpaired) electrons. The quantitative estimate of drug-likeness (QED) is 0.689. The number of nitrogen functional groups attached to an aromatic ring is 1. The number of anilines is 1. The number of aromatic nitrogens is 1. The molecule has 0 saturated carbocycles. The number of fused-ring (bicyclic) bond motifs is 1. The lowest BCUT2D eigenvalue weighted by molar-refractivity contribution is 1.34. The zero-order valence-corrected chi connectivity index (χ0v) is 9.37. The molecule has 0 bridgehead atoms. The first-order valence-electron chi connectivity index (χ1n) is 5.03. The number of nitrogens with zero attached hydrogens (tertiary/aromatic N) is 1. The molecule has 2 aromatic heterocycles. The zero-order chi connectivity index (χ0) is 11.0. The van der Waals surface area contributed by atoms with E-state index in [9.17, 15) is 0 Å². The lowest BCUT2D eigenvalue weighted by Crippen LogP contribution is -1.92. The van der Waals surface area contributed by atoms with Crippen LogP contribution in [0.3, 0.4) is 0 Å². The highest BCUT2D eigenvalue weighted by Gasteiger charge is 2.08. The third kappa shape index (κ3) is 1.37. The summed E-state index contributed by atoms with van der Waals surface area (Å²) in [6.07, 6.45) is 1.78. The van der Waals surface area contributed by atoms with Gasteiger partial charge in [-0.1, -0.05) is 18.2 Å². The normalized spacial score (nSPS) is 10.8. The van der Waals surface area contributed by atoms with E-state index in [4.69, 9.17) is 5.73 Å². The number of benzene rings is 1. The summed E-state index contributed by atoms with van der Waals surface area (Å²) in [6.45, 7) is 0. The van der Waals surface area contributed by atoms with Crippen molar-refractivity contribution in [2.75, 3.05) is 5.73 Å². The summed E-state index contributed by atoms with van der Waals surface area (Å²) in [5, 5.41) is 3.33. The molecule has 1 aromatic carbocycles. The Kier molecular flexibility index (Phi) is 2.11. The fraction of sp³-hybridized carbons (Fsp3) is 0. The van der Waals surface area contributed by atoms with Crippen molar-refractivity contribution in [2.24, 2.45) is 0 Å². The SMILES string of the molecule is Nc1cccnc1-c1cccc2ccsc12. The van der Waals surface area contributed by atoms with Crippen LogP contribution in [0.1, 0.15) is 0 Å². The number of rotatable bonds is 1. The highest BCUT2D eigenvalue weighted by molar-refractivity contribution is 7.17. The van der Waals surface area contributed by atoms with Crippen molar-refractivity contribution in [3.8, 4) is 11.3 Å². The van der Waals surface area contributed by atoms with E-state index in [0.29, 0.717) is 0 Å². The van der Waals surface area contributed by atoms with Gasteiger partial charge < -0.3 is 5.73 Å². The average molecular weight is 226 g/mol. The first-order chi connectivity index (χ1) is 7.86. The molecular formula is C13H10N2S. The van der Waals surface area contributed by atoms with Gasteiger partial charge in [-0.2, -0.15) is 0 Å². The Morgan fingerprint density at radius 3 is 2.88 bits per heavy atom. The molecule has 2 N–H and O–H groups in total. The van der Waals surface area contributed by atoms with Gasteiger partial charge in [0, 0.05) is 16.5 Å². The van der Waals surface area contributed by atoms with Crippen molar-refractivity contribution in [1.29, 1.82) is 0 Å². The van der Waals surface area contributed by atoms with E-state index in [1.54, 1.807) is 17.5 Å². The van der Waals surface area contributed by atoms with Crippen molar-refractivity contribution in [3.63, 3.8) is 0 Å². The Morgan fingerprint density at radius 1 is 1.06 bits per heavy atom. The van der Waals surface area contributed by atoms with Gasteiger partial charge >= 0.3 is 0 Å². The van der Waals surface area contributed by atoms with Crippen LogP contribution in [0, 0.1) is 0 Å². The highest BCUT2D eigenvalue weighted by atomic mass is 32.1. The fourth-order valence-electron chi connectivity index (χ4n) is 1.82. The van der Waals surface area contributed by atoms with Crippen LogP contribution in [-0.2, 0) is 0 Å². The summed E-state index contributed by atoms with van der Waals surface area (Å²) in [5.41, 5.74) is 8.67. The van der Waals surface area contributed by atoms with E-state index in [-0.39, 0.29) is 0 Å². The Morgan fingerprint density at radius 2 is 2.00 bits per heavy atom. The van der Waals surface area contributed by atoms with Gasteiger partial charge in [0.15, 0.2) is 0 Å². The number of pyridine rings is 1. The lowest BCUT2D eigenvalue weighted by Gasteiger charge is -2.05. The largest absolute Gasteiger partial charge is 0.397 e. The van der Waals surface area contributed by atoms with Crippen LogP contribution in [0.15, 0.2) is 48.0 Å². The van der Waals surface area contributed by atoms with Gasteiger partial charge in [-0.05, 0) is 29.0 Å². The molecule has 3 rings (SSSR count). The van der Waals surface area contributed by atoms with Crippen LogP contribution in [0.4, 0.5) is 5.69 Å². The van der Waals surface area contributed by atoms with Gasteiger partial charge in [0.2, 0.25) is 0 Å². The Balaban J connectivity index is 2.34. The summed E-state index contributed by atoms with van der Waals surface area (Å²) in [4.78, 5) is 4.36. The predicted molar refractivity (Wildman–Crippen MR) is 69.5 cm³/mol. The third-order valence-corrected chi connectivity index (χ3v) is 3.54. The van der Waals surface area contributed by atoms with Gasteiger partial charge in [-0.15, -0.1) is 11.3 Å². The minimum atomic E-state index is 0.725. The van der Waals surface area contributed by atoms with Gasteiger partial charge in [-0.25, -0.2) is 0 Å². The van der Waals surface area contributed by atoms with Crippen LogP contribution >= 0.6 is 11.3 Å². The monoisotopic (exact) mass is 226 g/mol. The van der Waals surface area contributed by atoms with Crippen molar-refractivity contribution in [3.05, 3.63) is 48.0 Å². The first-order valence-corrected chi connectivity index (χ1v) is 5.91. The lowest BCUT2D eigenvalue weighted by atomic mass is 10.1. The zero-order valence-electron chi connectivity index (χ0n) is 8.55. The second-order valence-electron chi connectivity index (χ2n) is 3.59. The minimum Gasteiger partial charge on any atom is -0.397 e. The molecule has 0 aliphatic carbocycles. The summed E-state index contributed by atoms with van der Waals surface area (Å²) in [6, 6.07) is 12.1. The maximum absolute atomic E-state index is 5.95. The van der Waals surface area contributed by atoms with Crippen molar-refractivity contribution >= 4 is 27.1 Å². The molecule has 0 amide bonds. The second-order valence-corrected chi connectivity index (χ2v) is 4.50. The van der Waals surface area contributed by atoms with E-state index >= 15 is 0 Å². The van der Waals surface area contributed by atoms with E-state index in [0.717, 1.165) is 16.9 Å². The molecule has 0 aliphatic heterocycles. The van der Waals surface area contributed by atoms with Crippen molar-refractivity contribution in [2.45, 2.75) is 0 Å². The third-order valence-electron chi connectivity index (χ3n) is 2.57. The summed E-state index contributed by atoms with van der Waals surface area (Å²) < 4.78 is 1.24. The molecule has 16 heavy (non-hydrogen) atoms. The summed E-state index contributed by atoms with van der Waals surface area (Å²) in [7, 11) is 0. The summed E-state index contributed by atoms with van der Waals surface area (Å²) >= 11 is 1.72. The summed E-state index contributed by atoms with van der Waals surface area (Å²) in [5.74, 6) is 0. The molecular weight excluding hydrogens is 216 g/mol. The van der Waals surface area contributed by atoms with E-state index in [1.165, 1.54) is 10.1 Å². The Labute approximate surface area is 97.4 Å². The van der Waals surface area contributed by atoms with E-state index < -0.39 is 0 Å². The minimum absolute atomic E-state index is 0.725. The van der Waals surface area contributed by atoms with Crippen molar-refractivity contribution in [1.82, 2.24) is 4.98 Å². The van der Waals surface area contributed by atoms with Gasteiger partial charge in [0.25, 0.3) is 0 Å². The van der Waals surface area contributed by atoms with Gasteiger partial charge in [0.05, 0.1) is 11.4 Å². The van der Waals surface area contributed by atoms with Crippen LogP contribution in [-0.4, -0.2) is 4.98 Å². The average Bonchev–Trinajstić information content (AvgIpc) is 2.77.